The molecule has 0 aliphatic carbocycles. The van der Waals surface area contributed by atoms with Crippen LogP contribution in [-0.4, -0.2) is 0 Å². The van der Waals surface area contributed by atoms with Crippen LogP contribution < -0.4 is 0 Å². The molecule has 0 radical (unpaired) electrons. The molecule has 0 atom stereocenters. The molecule has 0 aromatic heterocycles. The van der Waals surface area contributed by atoms with Crippen molar-refractivity contribution in [2.24, 2.45) is 0 Å². The van der Waals surface area contributed by atoms with E-state index in [1.54, 1.807) is 0 Å². The molecule has 74 valence electrons. The number of fused-ring (bicyclic) bond motifs is 1. The van der Waals surface area contributed by atoms with Crippen LogP contribution in [0.25, 0.3) is 10.8 Å². The van der Waals surface area contributed by atoms with Gasteiger partial charge in [0, 0.05) is 10.9 Å². The quantitative estimate of drug-likeness (QED) is 0.606. The van der Waals surface area contributed by atoms with Gasteiger partial charge in [-0.2, -0.15) is 0 Å². The van der Waals surface area contributed by atoms with Crippen molar-refractivity contribution in [1.82, 2.24) is 0 Å². The fraction of sp³-hybridized carbons (Fsp3) is 0.200. The summed E-state index contributed by atoms with van der Waals surface area (Å²) in [5.41, 5.74) is 2.53. The molecule has 0 aliphatic heterocycles. The Kier molecular flexibility index (Phi) is 2.74. The van der Waals surface area contributed by atoms with Crippen LogP contribution in [0.15, 0.2) is 36.4 Å². The maximum atomic E-state index is 3.18. The molecule has 0 heterocycles. The molecule has 0 saturated heterocycles. The summed E-state index contributed by atoms with van der Waals surface area (Å²) in [6.45, 7) is 4.07. The van der Waals surface area contributed by atoms with E-state index in [-0.39, 0.29) is 0 Å². The summed E-state index contributed by atoms with van der Waals surface area (Å²) < 4.78 is 0. The van der Waals surface area contributed by atoms with Gasteiger partial charge in [0.25, 0.3) is 0 Å². The predicted octanol–water partition coefficient (Wildman–Crippen LogP) is 3.77. The molecule has 0 unspecified atom stereocenters. The minimum atomic E-state index is 1.06. The minimum absolute atomic E-state index is 1.06. The lowest BCUT2D eigenvalue weighted by Gasteiger charge is -2.06. The predicted molar refractivity (Wildman–Crippen MR) is 65.9 cm³/mol. The molecule has 0 amide bonds. The third kappa shape index (κ3) is 1.74. The van der Waals surface area contributed by atoms with Gasteiger partial charge in [-0.15, -0.1) is 5.92 Å². The third-order valence-corrected chi connectivity index (χ3v) is 2.63. The lowest BCUT2D eigenvalue weighted by Crippen LogP contribution is -1.87. The highest BCUT2D eigenvalue weighted by molar-refractivity contribution is 5.91. The van der Waals surface area contributed by atoms with Crippen molar-refractivity contribution in [1.29, 1.82) is 0 Å². The number of hydrogen-bond donors (Lipinski definition) is 0. The van der Waals surface area contributed by atoms with E-state index in [0.29, 0.717) is 0 Å². The Morgan fingerprint density at radius 3 is 2.47 bits per heavy atom. The summed E-state index contributed by atoms with van der Waals surface area (Å²) in [6, 6.07) is 12.8. The van der Waals surface area contributed by atoms with Crippen LogP contribution in [0, 0.1) is 11.8 Å². The minimum Gasteiger partial charge on any atom is -0.101 e. The number of hydrogen-bond acceptors (Lipinski definition) is 0. The van der Waals surface area contributed by atoms with Crippen molar-refractivity contribution < 1.29 is 0 Å². The Labute approximate surface area is 90.9 Å². The third-order valence-electron chi connectivity index (χ3n) is 2.63. The highest BCUT2D eigenvalue weighted by Gasteiger charge is 2.02. The Hall–Kier alpha value is -1.74. The van der Waals surface area contributed by atoms with Crippen LogP contribution in [0.2, 0.25) is 0 Å². The number of aryl methyl sites for hydroxylation is 1. The van der Waals surface area contributed by atoms with E-state index >= 15 is 0 Å². The average molecular weight is 194 g/mol. The van der Waals surface area contributed by atoms with Gasteiger partial charge in [0.2, 0.25) is 0 Å². The molecule has 0 fully saturated rings. The van der Waals surface area contributed by atoms with Gasteiger partial charge in [-0.25, -0.2) is 0 Å². The van der Waals surface area contributed by atoms with Gasteiger partial charge < -0.3 is 0 Å². The molecule has 0 aliphatic rings. The number of rotatable bonds is 1. The van der Waals surface area contributed by atoms with Gasteiger partial charge in [-0.1, -0.05) is 43.2 Å². The van der Waals surface area contributed by atoms with Crippen molar-refractivity contribution in [2.75, 3.05) is 0 Å². The second-order valence-electron chi connectivity index (χ2n) is 3.55. The Balaban J connectivity index is 2.84. The van der Waals surface area contributed by atoms with Crippen molar-refractivity contribution in [2.45, 2.75) is 20.3 Å². The van der Waals surface area contributed by atoms with Gasteiger partial charge in [0.1, 0.15) is 0 Å². The van der Waals surface area contributed by atoms with Crippen molar-refractivity contribution in [3.8, 4) is 11.8 Å². The van der Waals surface area contributed by atoms with Crippen LogP contribution in [0.4, 0.5) is 0 Å². The fourth-order valence-electron chi connectivity index (χ4n) is 1.95. The summed E-state index contributed by atoms with van der Waals surface area (Å²) in [4.78, 5) is 0. The van der Waals surface area contributed by atoms with Gasteiger partial charge >= 0.3 is 0 Å². The van der Waals surface area contributed by atoms with Crippen LogP contribution in [0.3, 0.4) is 0 Å². The van der Waals surface area contributed by atoms with Crippen LogP contribution >= 0.6 is 0 Å². The summed E-state index contributed by atoms with van der Waals surface area (Å²) in [7, 11) is 0. The molecule has 2 aromatic carbocycles. The molecule has 0 saturated carbocycles. The maximum absolute atomic E-state index is 3.18. The van der Waals surface area contributed by atoms with Gasteiger partial charge in [-0.3, -0.25) is 0 Å². The molecule has 0 N–H and O–H groups in total. The molecule has 2 aromatic rings. The fourth-order valence-corrected chi connectivity index (χ4v) is 1.95. The van der Waals surface area contributed by atoms with E-state index in [4.69, 9.17) is 0 Å². The Morgan fingerprint density at radius 1 is 1.07 bits per heavy atom. The SMILES string of the molecule is CC#Cc1cccc2cccc(CC)c12. The lowest BCUT2D eigenvalue weighted by molar-refractivity contribution is 1.16. The Morgan fingerprint density at radius 2 is 1.80 bits per heavy atom. The first kappa shape index (κ1) is 9.80. The van der Waals surface area contributed by atoms with E-state index in [0.717, 1.165) is 12.0 Å². The van der Waals surface area contributed by atoms with E-state index in [9.17, 15) is 0 Å². The van der Waals surface area contributed by atoms with E-state index in [1.807, 2.05) is 6.92 Å². The lowest BCUT2D eigenvalue weighted by atomic mass is 9.98. The topological polar surface area (TPSA) is 0 Å². The van der Waals surface area contributed by atoms with E-state index in [1.165, 1.54) is 16.3 Å². The zero-order chi connectivity index (χ0) is 10.7. The van der Waals surface area contributed by atoms with Crippen molar-refractivity contribution in [3.05, 3.63) is 47.5 Å². The molecule has 15 heavy (non-hydrogen) atoms. The first-order valence-corrected chi connectivity index (χ1v) is 5.30. The zero-order valence-corrected chi connectivity index (χ0v) is 9.17. The summed E-state index contributed by atoms with van der Waals surface area (Å²) in [5.74, 6) is 6.15. The highest BCUT2D eigenvalue weighted by Crippen LogP contribution is 2.22. The monoisotopic (exact) mass is 194 g/mol. The Bertz CT molecular complexity index is 533. The van der Waals surface area contributed by atoms with Crippen LogP contribution in [0.5, 0.6) is 0 Å². The molecular formula is C15H14. The highest BCUT2D eigenvalue weighted by atomic mass is 14.1. The van der Waals surface area contributed by atoms with Crippen molar-refractivity contribution >= 4 is 10.8 Å². The van der Waals surface area contributed by atoms with Gasteiger partial charge in [0.15, 0.2) is 0 Å². The molecule has 0 bridgehead atoms. The molecule has 0 heteroatoms. The first-order valence-electron chi connectivity index (χ1n) is 5.30. The van der Waals surface area contributed by atoms with Gasteiger partial charge in [0.05, 0.1) is 0 Å². The summed E-state index contributed by atoms with van der Waals surface area (Å²) in [6.07, 6.45) is 1.06. The smallest absolute Gasteiger partial charge is 0.0326 e. The zero-order valence-electron chi connectivity index (χ0n) is 9.17. The standard InChI is InChI=1S/C15H14/c1-3-7-13-9-6-11-14-10-5-8-12(4-2)15(13)14/h5-6,8-11H,4H2,1-2H3. The molecular weight excluding hydrogens is 180 g/mol. The second-order valence-corrected chi connectivity index (χ2v) is 3.55. The largest absolute Gasteiger partial charge is 0.101 e. The summed E-state index contributed by atoms with van der Waals surface area (Å²) in [5, 5.41) is 2.60. The molecule has 2 rings (SSSR count). The van der Waals surface area contributed by atoms with E-state index in [2.05, 4.69) is 55.2 Å². The second kappa shape index (κ2) is 4.19. The van der Waals surface area contributed by atoms with E-state index < -0.39 is 0 Å². The van der Waals surface area contributed by atoms with Crippen LogP contribution in [0.1, 0.15) is 25.0 Å². The summed E-state index contributed by atoms with van der Waals surface area (Å²) >= 11 is 0. The molecule has 0 nitrogen and oxygen atoms in total. The average Bonchev–Trinajstić information content (AvgIpc) is 2.29. The van der Waals surface area contributed by atoms with Gasteiger partial charge in [-0.05, 0) is 30.4 Å². The molecule has 0 spiro atoms. The van der Waals surface area contributed by atoms with Crippen LogP contribution in [-0.2, 0) is 6.42 Å². The normalized spacial score (nSPS) is 9.73. The van der Waals surface area contributed by atoms with Crippen molar-refractivity contribution in [3.63, 3.8) is 0 Å². The first-order chi connectivity index (χ1) is 7.36. The maximum Gasteiger partial charge on any atom is 0.0326 e. The number of benzene rings is 2.